The van der Waals surface area contributed by atoms with Crippen molar-refractivity contribution < 1.29 is 33.0 Å². The van der Waals surface area contributed by atoms with Crippen LogP contribution in [0.15, 0.2) is 24.3 Å². The van der Waals surface area contributed by atoms with Gasteiger partial charge in [0.15, 0.2) is 0 Å². The fraction of sp³-hybridized carbons (Fsp3) is 0.412. The molecular weight excluding hydrogens is 333 g/mol. The van der Waals surface area contributed by atoms with E-state index in [2.05, 4.69) is 0 Å². The molecule has 0 bridgehead atoms. The van der Waals surface area contributed by atoms with Gasteiger partial charge in [0.1, 0.15) is 17.7 Å². The number of imide groups is 1. The fourth-order valence-corrected chi connectivity index (χ4v) is 2.84. The van der Waals surface area contributed by atoms with Crippen molar-refractivity contribution in [3.63, 3.8) is 0 Å². The second-order valence-electron chi connectivity index (χ2n) is 5.39. The van der Waals surface area contributed by atoms with Crippen LogP contribution in [0.5, 0.6) is 0 Å². The molecule has 0 aliphatic carbocycles. The number of rotatable bonds is 5. The lowest BCUT2D eigenvalue weighted by molar-refractivity contribution is -0.163. The zero-order valence-electron chi connectivity index (χ0n) is 13.8. The molecule has 3 atom stereocenters. The normalized spacial score (nSPS) is 22.9. The Hall–Kier alpha value is -2.77. The molecule has 1 saturated heterocycles. The summed E-state index contributed by atoms with van der Waals surface area (Å²) < 4.78 is 23.1. The van der Waals surface area contributed by atoms with Crippen LogP contribution in [-0.2, 0) is 28.7 Å². The number of carbonyl (C=O) groups excluding carboxylic acids is 4. The first-order valence-electron chi connectivity index (χ1n) is 7.84. The third-order valence-corrected chi connectivity index (χ3v) is 3.87. The number of piperidine rings is 1. The molecule has 8 heteroatoms. The molecule has 2 rings (SSSR count). The number of carbonyl (C=O) groups is 4. The van der Waals surface area contributed by atoms with Crippen LogP contribution in [-0.4, -0.2) is 37.0 Å². The summed E-state index contributed by atoms with van der Waals surface area (Å²) >= 11 is 0. The second kappa shape index (κ2) is 7.87. The van der Waals surface area contributed by atoms with E-state index in [1.54, 1.807) is 13.8 Å². The first kappa shape index (κ1) is 18.6. The molecule has 0 radical (unpaired) electrons. The van der Waals surface area contributed by atoms with Gasteiger partial charge in [-0.05, 0) is 31.5 Å². The minimum Gasteiger partial charge on any atom is -0.465 e. The summed E-state index contributed by atoms with van der Waals surface area (Å²) in [4.78, 5) is 49.0. The van der Waals surface area contributed by atoms with Crippen LogP contribution in [0.25, 0.3) is 0 Å². The Morgan fingerprint density at radius 1 is 0.960 bits per heavy atom. The Kier molecular flexibility index (Phi) is 5.84. The molecule has 25 heavy (non-hydrogen) atoms. The number of amides is 2. The Morgan fingerprint density at radius 2 is 1.40 bits per heavy atom. The van der Waals surface area contributed by atoms with E-state index >= 15 is 0 Å². The van der Waals surface area contributed by atoms with Crippen molar-refractivity contribution in [3.8, 4) is 0 Å². The highest BCUT2D eigenvalue weighted by molar-refractivity contribution is 6.14. The van der Waals surface area contributed by atoms with Gasteiger partial charge in [-0.25, -0.2) is 4.39 Å². The van der Waals surface area contributed by atoms with Gasteiger partial charge in [-0.1, -0.05) is 12.1 Å². The molecule has 1 fully saturated rings. The highest BCUT2D eigenvalue weighted by Gasteiger charge is 2.52. The van der Waals surface area contributed by atoms with Crippen LogP contribution in [0.1, 0.15) is 25.3 Å². The summed E-state index contributed by atoms with van der Waals surface area (Å²) in [6, 6.07) is 4.89. The monoisotopic (exact) mass is 351 g/mol. The zero-order chi connectivity index (χ0) is 18.6. The SMILES string of the molecule is CCOC(=O)[C@H]1C(=O)NC(=O)[C@@H](C(=O)OCC)[C@H]1c1ccc(F)cc1. The first-order valence-corrected chi connectivity index (χ1v) is 7.84. The van der Waals surface area contributed by atoms with Gasteiger partial charge in [0, 0.05) is 5.92 Å². The highest BCUT2D eigenvalue weighted by atomic mass is 19.1. The largest absolute Gasteiger partial charge is 0.465 e. The summed E-state index contributed by atoms with van der Waals surface area (Å²) in [5.74, 6) is -7.96. The molecule has 2 amide bonds. The number of halogens is 1. The van der Waals surface area contributed by atoms with Crippen LogP contribution in [0.4, 0.5) is 4.39 Å². The van der Waals surface area contributed by atoms with Crippen LogP contribution in [0.2, 0.25) is 0 Å². The van der Waals surface area contributed by atoms with E-state index in [4.69, 9.17) is 9.47 Å². The van der Waals surface area contributed by atoms with Crippen LogP contribution >= 0.6 is 0 Å². The molecule has 0 saturated carbocycles. The van der Waals surface area contributed by atoms with Gasteiger partial charge in [-0.2, -0.15) is 0 Å². The predicted octanol–water partition coefficient (Wildman–Crippen LogP) is 0.924. The Bertz CT molecular complexity index is 651. The number of hydrogen-bond donors (Lipinski definition) is 1. The maximum absolute atomic E-state index is 13.2. The van der Waals surface area contributed by atoms with Gasteiger partial charge in [-0.15, -0.1) is 0 Å². The minimum atomic E-state index is -1.42. The van der Waals surface area contributed by atoms with Gasteiger partial charge < -0.3 is 9.47 Å². The van der Waals surface area contributed by atoms with Crippen molar-refractivity contribution in [2.45, 2.75) is 19.8 Å². The van der Waals surface area contributed by atoms with Crippen molar-refractivity contribution >= 4 is 23.8 Å². The number of esters is 2. The Balaban J connectivity index is 2.53. The average molecular weight is 351 g/mol. The highest BCUT2D eigenvalue weighted by Crippen LogP contribution is 2.37. The maximum atomic E-state index is 13.2. The summed E-state index contributed by atoms with van der Waals surface area (Å²) in [5.41, 5.74) is 0.292. The lowest BCUT2D eigenvalue weighted by atomic mass is 9.73. The topological polar surface area (TPSA) is 98.8 Å². The van der Waals surface area contributed by atoms with Gasteiger partial charge in [0.05, 0.1) is 13.2 Å². The third kappa shape index (κ3) is 3.84. The summed E-state index contributed by atoms with van der Waals surface area (Å²) in [6.45, 7) is 3.19. The first-order chi connectivity index (χ1) is 11.9. The van der Waals surface area contributed by atoms with Crippen LogP contribution < -0.4 is 5.32 Å². The molecule has 1 aliphatic rings. The van der Waals surface area contributed by atoms with E-state index in [0.717, 1.165) is 12.1 Å². The zero-order valence-corrected chi connectivity index (χ0v) is 13.8. The van der Waals surface area contributed by atoms with E-state index in [-0.39, 0.29) is 13.2 Å². The van der Waals surface area contributed by atoms with Crippen molar-refractivity contribution in [3.05, 3.63) is 35.6 Å². The van der Waals surface area contributed by atoms with Gasteiger partial charge in [0.2, 0.25) is 11.8 Å². The third-order valence-electron chi connectivity index (χ3n) is 3.87. The van der Waals surface area contributed by atoms with E-state index in [9.17, 15) is 23.6 Å². The fourth-order valence-electron chi connectivity index (χ4n) is 2.84. The van der Waals surface area contributed by atoms with Gasteiger partial charge >= 0.3 is 11.9 Å². The van der Waals surface area contributed by atoms with Crippen LogP contribution in [0.3, 0.4) is 0 Å². The van der Waals surface area contributed by atoms with Gasteiger partial charge in [-0.3, -0.25) is 24.5 Å². The summed E-state index contributed by atoms with van der Waals surface area (Å²) in [6.07, 6.45) is 0. The van der Waals surface area contributed by atoms with E-state index < -0.39 is 47.3 Å². The smallest absolute Gasteiger partial charge is 0.319 e. The lowest BCUT2D eigenvalue weighted by Gasteiger charge is -2.34. The number of benzene rings is 1. The molecule has 1 N–H and O–H groups in total. The average Bonchev–Trinajstić information content (AvgIpc) is 2.55. The maximum Gasteiger partial charge on any atom is 0.319 e. The second-order valence-corrected chi connectivity index (χ2v) is 5.39. The molecule has 0 unspecified atom stereocenters. The standard InChI is InChI=1S/C17H18FNO6/c1-3-24-16(22)12-11(9-5-7-10(18)8-6-9)13(17(23)25-4-2)15(21)19-14(12)20/h5-8,11-13H,3-4H2,1-2H3,(H,19,20,21)/t11-,12+,13-. The van der Waals surface area contributed by atoms with Crippen LogP contribution in [0, 0.1) is 17.7 Å². The molecule has 1 aliphatic heterocycles. The number of ether oxygens (including phenoxy) is 2. The van der Waals surface area contributed by atoms with E-state index in [0.29, 0.717) is 5.56 Å². The Morgan fingerprint density at radius 3 is 1.80 bits per heavy atom. The summed E-state index contributed by atoms with van der Waals surface area (Å²) in [5, 5.41) is 2.02. The predicted molar refractivity (Wildman–Crippen MR) is 82.5 cm³/mol. The van der Waals surface area contributed by atoms with Crippen molar-refractivity contribution in [2.75, 3.05) is 13.2 Å². The molecule has 134 valence electrons. The molecule has 7 nitrogen and oxygen atoms in total. The van der Waals surface area contributed by atoms with E-state index in [1.807, 2.05) is 5.32 Å². The molecule has 1 heterocycles. The van der Waals surface area contributed by atoms with Crippen molar-refractivity contribution in [1.82, 2.24) is 5.32 Å². The summed E-state index contributed by atoms with van der Waals surface area (Å²) in [7, 11) is 0. The van der Waals surface area contributed by atoms with Gasteiger partial charge in [0.25, 0.3) is 0 Å². The molecular formula is C17H18FNO6. The molecule has 0 spiro atoms. The quantitative estimate of drug-likeness (QED) is 0.481. The Labute approximate surface area is 143 Å². The minimum absolute atomic E-state index is 0.0246. The van der Waals surface area contributed by atoms with E-state index in [1.165, 1.54) is 12.1 Å². The lowest BCUT2D eigenvalue weighted by Crippen LogP contribution is -2.56. The molecule has 1 aromatic carbocycles. The van der Waals surface area contributed by atoms with Crippen molar-refractivity contribution in [1.29, 1.82) is 0 Å². The molecule has 0 aromatic heterocycles. The van der Waals surface area contributed by atoms with Crippen molar-refractivity contribution in [2.24, 2.45) is 11.8 Å². The number of nitrogens with one attached hydrogen (secondary N) is 1. The number of hydrogen-bond acceptors (Lipinski definition) is 6. The molecule has 1 aromatic rings.